The minimum Gasteiger partial charge on any atom is -0.493 e. The number of methoxy groups -OCH3 is 3. The zero-order valence-corrected chi connectivity index (χ0v) is 19.3. The summed E-state index contributed by atoms with van der Waals surface area (Å²) in [5.74, 6) is 1.15. The van der Waals surface area contributed by atoms with E-state index < -0.39 is 5.97 Å². The Morgan fingerprint density at radius 3 is 2.00 bits per heavy atom. The van der Waals surface area contributed by atoms with Crippen LogP contribution in [-0.4, -0.2) is 46.3 Å². The minimum absolute atomic E-state index is 0.0583. The molecule has 34 heavy (non-hydrogen) atoms. The Labute approximate surface area is 198 Å². The third kappa shape index (κ3) is 6.38. The number of ether oxygens (including phenoxy) is 5. The van der Waals surface area contributed by atoms with Crippen molar-refractivity contribution >= 4 is 17.8 Å². The van der Waals surface area contributed by atoms with E-state index in [0.717, 1.165) is 5.56 Å². The number of esters is 1. The smallest absolute Gasteiger partial charge is 0.338 e. The van der Waals surface area contributed by atoms with Gasteiger partial charge >= 0.3 is 5.97 Å². The van der Waals surface area contributed by atoms with Crippen LogP contribution in [0.5, 0.6) is 23.0 Å². The summed E-state index contributed by atoms with van der Waals surface area (Å²) in [5.41, 5.74) is 1.78. The predicted molar refractivity (Wildman–Crippen MR) is 128 cm³/mol. The first-order valence-corrected chi connectivity index (χ1v) is 10.5. The number of hydrogen-bond donors (Lipinski definition) is 0. The van der Waals surface area contributed by atoms with Gasteiger partial charge in [0.05, 0.1) is 26.9 Å². The van der Waals surface area contributed by atoms with E-state index in [1.807, 2.05) is 30.3 Å². The van der Waals surface area contributed by atoms with E-state index in [2.05, 4.69) is 0 Å². The van der Waals surface area contributed by atoms with Crippen LogP contribution < -0.4 is 18.9 Å². The second kappa shape index (κ2) is 12.1. The number of allylic oxidation sites excluding steroid dienone is 1. The van der Waals surface area contributed by atoms with E-state index in [4.69, 9.17) is 23.7 Å². The quantitative estimate of drug-likeness (QED) is 0.174. The van der Waals surface area contributed by atoms with Crippen molar-refractivity contribution in [2.24, 2.45) is 0 Å². The van der Waals surface area contributed by atoms with Crippen molar-refractivity contribution in [3.63, 3.8) is 0 Å². The van der Waals surface area contributed by atoms with Crippen molar-refractivity contribution < 1.29 is 33.3 Å². The molecule has 7 nitrogen and oxygen atoms in total. The molecule has 0 N–H and O–H groups in total. The predicted octanol–water partition coefficient (Wildman–Crippen LogP) is 4.84. The van der Waals surface area contributed by atoms with Gasteiger partial charge in [0.25, 0.3) is 0 Å². The fraction of sp³-hybridized carbons (Fsp3) is 0.185. The summed E-state index contributed by atoms with van der Waals surface area (Å²) in [7, 11) is 4.44. The molecular formula is C27H26O7. The standard InChI is InChI=1S/C27H26O7/c1-30-24-17-21(18-25(31-2)26(24)32-3)27(29)34-16-15-33-22-12-9-19(10-13-22)11-14-23(28)20-7-5-4-6-8-20/h4-14,17-18H,15-16H2,1-3H3. The van der Waals surface area contributed by atoms with Gasteiger partial charge in [-0.15, -0.1) is 0 Å². The van der Waals surface area contributed by atoms with Crippen molar-refractivity contribution in [2.75, 3.05) is 34.5 Å². The maximum atomic E-state index is 12.4. The Balaban J connectivity index is 1.49. The van der Waals surface area contributed by atoms with Gasteiger partial charge < -0.3 is 23.7 Å². The average Bonchev–Trinajstić information content (AvgIpc) is 2.89. The lowest BCUT2D eigenvalue weighted by Gasteiger charge is -2.14. The molecule has 0 heterocycles. The highest BCUT2D eigenvalue weighted by Gasteiger charge is 2.17. The molecule has 0 aliphatic heterocycles. The van der Waals surface area contributed by atoms with Gasteiger partial charge in [-0.05, 0) is 35.9 Å². The summed E-state index contributed by atoms with van der Waals surface area (Å²) < 4.78 is 26.7. The number of ketones is 1. The fourth-order valence-corrected chi connectivity index (χ4v) is 3.12. The van der Waals surface area contributed by atoms with E-state index in [-0.39, 0.29) is 24.6 Å². The first-order valence-electron chi connectivity index (χ1n) is 10.5. The zero-order chi connectivity index (χ0) is 24.3. The molecule has 0 amide bonds. The molecule has 0 spiro atoms. The Hall–Kier alpha value is -4.26. The number of carbonyl (C=O) groups excluding carboxylic acids is 2. The molecule has 0 unspecified atom stereocenters. The molecule has 3 rings (SSSR count). The van der Waals surface area contributed by atoms with Crippen LogP contribution in [0.4, 0.5) is 0 Å². The molecule has 3 aromatic carbocycles. The normalized spacial score (nSPS) is 10.6. The van der Waals surface area contributed by atoms with Crippen molar-refractivity contribution in [2.45, 2.75) is 0 Å². The maximum Gasteiger partial charge on any atom is 0.338 e. The zero-order valence-electron chi connectivity index (χ0n) is 19.3. The minimum atomic E-state index is -0.536. The van der Waals surface area contributed by atoms with Crippen LogP contribution >= 0.6 is 0 Å². The molecule has 3 aromatic rings. The summed E-state index contributed by atoms with van der Waals surface area (Å²) in [6.45, 7) is 0.237. The second-order valence-electron chi connectivity index (χ2n) is 7.03. The van der Waals surface area contributed by atoms with E-state index in [0.29, 0.717) is 28.6 Å². The van der Waals surface area contributed by atoms with Crippen LogP contribution in [0.1, 0.15) is 26.3 Å². The highest BCUT2D eigenvalue weighted by atomic mass is 16.6. The van der Waals surface area contributed by atoms with E-state index >= 15 is 0 Å². The molecule has 0 atom stereocenters. The molecule has 0 radical (unpaired) electrons. The van der Waals surface area contributed by atoms with Crippen molar-refractivity contribution in [1.82, 2.24) is 0 Å². The Morgan fingerprint density at radius 1 is 0.765 bits per heavy atom. The summed E-state index contributed by atoms with van der Waals surface area (Å²) in [6, 6.07) is 19.4. The lowest BCUT2D eigenvalue weighted by Crippen LogP contribution is -2.13. The van der Waals surface area contributed by atoms with Crippen LogP contribution in [0.2, 0.25) is 0 Å². The Morgan fingerprint density at radius 2 is 1.41 bits per heavy atom. The number of rotatable bonds is 11. The highest BCUT2D eigenvalue weighted by Crippen LogP contribution is 2.38. The number of benzene rings is 3. The average molecular weight is 462 g/mol. The largest absolute Gasteiger partial charge is 0.493 e. The molecule has 7 heteroatoms. The first-order chi connectivity index (χ1) is 16.5. The van der Waals surface area contributed by atoms with Crippen LogP contribution in [0, 0.1) is 0 Å². The highest BCUT2D eigenvalue weighted by molar-refractivity contribution is 6.06. The van der Waals surface area contributed by atoms with Crippen molar-refractivity contribution in [1.29, 1.82) is 0 Å². The molecule has 0 bridgehead atoms. The van der Waals surface area contributed by atoms with Crippen LogP contribution in [-0.2, 0) is 4.74 Å². The third-order valence-electron chi connectivity index (χ3n) is 4.85. The Bertz CT molecular complexity index is 1110. The van der Waals surface area contributed by atoms with Gasteiger partial charge in [0.1, 0.15) is 19.0 Å². The summed E-state index contributed by atoms with van der Waals surface area (Å²) in [4.78, 5) is 24.5. The number of carbonyl (C=O) groups is 2. The third-order valence-corrected chi connectivity index (χ3v) is 4.85. The van der Waals surface area contributed by atoms with E-state index in [9.17, 15) is 9.59 Å². The fourth-order valence-electron chi connectivity index (χ4n) is 3.12. The molecule has 0 fully saturated rings. The van der Waals surface area contributed by atoms with Gasteiger partial charge in [-0.25, -0.2) is 4.79 Å². The lowest BCUT2D eigenvalue weighted by molar-refractivity contribution is 0.0449. The molecule has 0 aliphatic carbocycles. The van der Waals surface area contributed by atoms with Gasteiger partial charge in [0.2, 0.25) is 5.75 Å². The summed E-state index contributed by atoms with van der Waals surface area (Å²) in [6.07, 6.45) is 3.28. The number of hydrogen-bond acceptors (Lipinski definition) is 7. The molecule has 176 valence electrons. The van der Waals surface area contributed by atoms with E-state index in [1.54, 1.807) is 30.3 Å². The second-order valence-corrected chi connectivity index (χ2v) is 7.03. The van der Waals surface area contributed by atoms with Gasteiger partial charge in [-0.1, -0.05) is 48.5 Å². The lowest BCUT2D eigenvalue weighted by atomic mass is 10.1. The topological polar surface area (TPSA) is 80.3 Å². The van der Waals surface area contributed by atoms with Crippen LogP contribution in [0.25, 0.3) is 6.08 Å². The van der Waals surface area contributed by atoms with Crippen LogP contribution in [0.15, 0.2) is 72.8 Å². The molecular weight excluding hydrogens is 436 g/mol. The SMILES string of the molecule is COc1cc(C(=O)OCCOc2ccc(C=CC(=O)c3ccccc3)cc2)cc(OC)c1OC. The molecule has 0 saturated carbocycles. The summed E-state index contributed by atoms with van der Waals surface area (Å²) in [5, 5.41) is 0. The molecule has 0 aliphatic rings. The Kier molecular flexibility index (Phi) is 8.68. The van der Waals surface area contributed by atoms with E-state index in [1.165, 1.54) is 39.5 Å². The monoisotopic (exact) mass is 462 g/mol. The van der Waals surface area contributed by atoms with Gasteiger partial charge in [-0.3, -0.25) is 4.79 Å². The van der Waals surface area contributed by atoms with Gasteiger partial charge in [0, 0.05) is 5.56 Å². The maximum absolute atomic E-state index is 12.4. The first kappa shape index (κ1) is 24.4. The summed E-state index contributed by atoms with van der Waals surface area (Å²) >= 11 is 0. The van der Waals surface area contributed by atoms with Gasteiger partial charge in [-0.2, -0.15) is 0 Å². The van der Waals surface area contributed by atoms with Gasteiger partial charge in [0.15, 0.2) is 17.3 Å². The van der Waals surface area contributed by atoms with Crippen LogP contribution in [0.3, 0.4) is 0 Å². The molecule has 0 aromatic heterocycles. The van der Waals surface area contributed by atoms with Crippen molar-refractivity contribution in [3.05, 3.63) is 89.5 Å². The van der Waals surface area contributed by atoms with Crippen molar-refractivity contribution in [3.8, 4) is 23.0 Å². The molecule has 0 saturated heterocycles.